The maximum Gasteiger partial charge on any atom is 0.344 e. The summed E-state index contributed by atoms with van der Waals surface area (Å²) in [5.41, 5.74) is -2.67. The maximum atomic E-state index is 13.4. The lowest BCUT2D eigenvalue weighted by Crippen LogP contribution is -2.56. The summed E-state index contributed by atoms with van der Waals surface area (Å²) in [6.07, 6.45) is 0.814. The van der Waals surface area contributed by atoms with Crippen molar-refractivity contribution in [1.29, 1.82) is 0 Å². The van der Waals surface area contributed by atoms with Gasteiger partial charge < -0.3 is 28.4 Å². The smallest absolute Gasteiger partial charge is 0.344 e. The molecule has 2 aliphatic rings. The minimum Gasteiger partial charge on any atom is -0.481 e. The number of rotatable bonds is 12. The molecule has 0 aromatic carbocycles. The van der Waals surface area contributed by atoms with Crippen LogP contribution in [0.15, 0.2) is 0 Å². The van der Waals surface area contributed by atoms with Crippen molar-refractivity contribution in [2.45, 2.75) is 83.9 Å². The summed E-state index contributed by atoms with van der Waals surface area (Å²) in [6, 6.07) is 0. The fraction of sp³-hybridized carbons (Fsp3) is 0.870. The summed E-state index contributed by atoms with van der Waals surface area (Å²) in [5.74, 6) is -2.42. The SMILES string of the molecule is CCOC(=S)SC(CC(C(=O)O)P(=O)(OCC)OCC)C[C@@]1(C)C(=O)CCC12OCC(C)(C)CO2. The van der Waals surface area contributed by atoms with Crippen LogP contribution >= 0.6 is 31.6 Å². The second-order valence-electron chi connectivity index (χ2n) is 9.84. The number of carbonyl (C=O) groups is 2. The number of ketones is 1. The Balaban J connectivity index is 2.40. The minimum absolute atomic E-state index is 0.0187. The normalized spacial score (nSPS) is 25.4. The molecule has 1 heterocycles. The highest BCUT2D eigenvalue weighted by Gasteiger charge is 2.62. The van der Waals surface area contributed by atoms with Crippen molar-refractivity contribution >= 4 is 47.7 Å². The van der Waals surface area contributed by atoms with Crippen molar-refractivity contribution in [2.75, 3.05) is 33.0 Å². The molecule has 1 saturated heterocycles. The topological polar surface area (TPSA) is 118 Å². The Morgan fingerprint density at radius 2 is 1.71 bits per heavy atom. The van der Waals surface area contributed by atoms with Gasteiger partial charge in [-0.3, -0.25) is 14.2 Å². The molecule has 0 radical (unpaired) electrons. The van der Waals surface area contributed by atoms with E-state index in [1.165, 1.54) is 0 Å². The predicted molar refractivity (Wildman–Crippen MR) is 138 cm³/mol. The number of hydrogen-bond acceptors (Lipinski definition) is 10. The third kappa shape index (κ3) is 7.06. The van der Waals surface area contributed by atoms with Gasteiger partial charge in [0.05, 0.1) is 38.4 Å². The first-order valence-electron chi connectivity index (χ1n) is 12.0. The molecule has 2 fully saturated rings. The Bertz CT molecular complexity index is 814. The average molecular weight is 555 g/mol. The van der Waals surface area contributed by atoms with Gasteiger partial charge in [0, 0.05) is 23.5 Å². The monoisotopic (exact) mass is 554 g/mol. The molecule has 1 aliphatic carbocycles. The number of ether oxygens (including phenoxy) is 3. The van der Waals surface area contributed by atoms with Crippen LogP contribution in [0.1, 0.15) is 67.2 Å². The van der Waals surface area contributed by atoms with E-state index in [1.54, 1.807) is 27.7 Å². The predicted octanol–water partition coefficient (Wildman–Crippen LogP) is 5.05. The lowest BCUT2D eigenvalue weighted by atomic mass is 9.76. The van der Waals surface area contributed by atoms with Crippen molar-refractivity contribution < 1.29 is 42.5 Å². The van der Waals surface area contributed by atoms with Gasteiger partial charge in [-0.25, -0.2) is 0 Å². The Hall–Kier alpha value is -0.550. The molecule has 0 amide bonds. The van der Waals surface area contributed by atoms with Gasteiger partial charge in [0.15, 0.2) is 11.4 Å². The molecule has 1 N–H and O–H groups in total. The molecule has 202 valence electrons. The zero-order chi connectivity index (χ0) is 26.5. The van der Waals surface area contributed by atoms with Gasteiger partial charge in [0.1, 0.15) is 5.78 Å². The van der Waals surface area contributed by atoms with Crippen LogP contribution in [0.3, 0.4) is 0 Å². The maximum absolute atomic E-state index is 13.4. The zero-order valence-corrected chi connectivity index (χ0v) is 24.0. The molecular weight excluding hydrogens is 515 g/mol. The second kappa shape index (κ2) is 12.3. The highest BCUT2D eigenvalue weighted by Crippen LogP contribution is 2.58. The summed E-state index contributed by atoms with van der Waals surface area (Å²) < 4.78 is 42.3. The van der Waals surface area contributed by atoms with Gasteiger partial charge in [-0.1, -0.05) is 25.6 Å². The molecule has 35 heavy (non-hydrogen) atoms. The van der Waals surface area contributed by atoms with Crippen LogP contribution in [0.25, 0.3) is 0 Å². The highest BCUT2D eigenvalue weighted by molar-refractivity contribution is 8.23. The summed E-state index contributed by atoms with van der Waals surface area (Å²) in [4.78, 5) is 25.5. The third-order valence-electron chi connectivity index (χ3n) is 6.46. The average Bonchev–Trinajstić information content (AvgIpc) is 2.99. The number of hydrogen-bond donors (Lipinski definition) is 1. The molecule has 3 atom stereocenters. The number of aliphatic carboxylic acids is 1. The minimum atomic E-state index is -3.98. The van der Waals surface area contributed by atoms with E-state index in [0.29, 0.717) is 32.7 Å². The molecule has 2 unspecified atom stereocenters. The van der Waals surface area contributed by atoms with Crippen molar-refractivity contribution in [3.05, 3.63) is 0 Å². The number of carboxylic acid groups (broad SMARTS) is 1. The summed E-state index contributed by atoms with van der Waals surface area (Å²) in [6.45, 7) is 12.2. The van der Waals surface area contributed by atoms with Crippen molar-refractivity contribution in [2.24, 2.45) is 10.8 Å². The van der Waals surface area contributed by atoms with Gasteiger partial charge in [-0.15, -0.1) is 0 Å². The quantitative estimate of drug-likeness (QED) is 0.258. The lowest BCUT2D eigenvalue weighted by Gasteiger charge is -2.49. The molecule has 2 rings (SSSR count). The molecule has 1 saturated carbocycles. The zero-order valence-electron chi connectivity index (χ0n) is 21.5. The Morgan fingerprint density at radius 3 is 2.20 bits per heavy atom. The lowest BCUT2D eigenvalue weighted by molar-refractivity contribution is -0.331. The number of carbonyl (C=O) groups excluding carboxylic acids is 1. The van der Waals surface area contributed by atoms with Crippen molar-refractivity contribution in [3.63, 3.8) is 0 Å². The van der Waals surface area contributed by atoms with E-state index < -0.39 is 35.7 Å². The molecule has 1 spiro atoms. The fourth-order valence-corrected chi connectivity index (χ4v) is 8.36. The summed E-state index contributed by atoms with van der Waals surface area (Å²) in [5, 5.41) is 9.46. The molecule has 0 bridgehead atoms. The van der Waals surface area contributed by atoms with Crippen LogP contribution in [0.2, 0.25) is 0 Å². The van der Waals surface area contributed by atoms with E-state index in [-0.39, 0.29) is 41.6 Å². The van der Waals surface area contributed by atoms with Gasteiger partial charge in [-0.2, -0.15) is 0 Å². The first kappa shape index (κ1) is 30.7. The number of Topliss-reactive ketones (excluding diaryl/α,β-unsaturated/α-hetero) is 1. The summed E-state index contributed by atoms with van der Waals surface area (Å²) in [7, 11) is -3.98. The van der Waals surface area contributed by atoms with Crippen LogP contribution < -0.4 is 0 Å². The van der Waals surface area contributed by atoms with Gasteiger partial charge in [0.25, 0.3) is 0 Å². The van der Waals surface area contributed by atoms with Gasteiger partial charge >= 0.3 is 13.6 Å². The largest absolute Gasteiger partial charge is 0.481 e. The molecule has 12 heteroatoms. The first-order valence-corrected chi connectivity index (χ1v) is 14.9. The standard InChI is InChI=1S/C23H39O9PS2/c1-7-28-20(34)35-16(12-17(19(25)26)33(27,31-8-2)32-9-3)13-22(6)18(24)10-11-23(22)29-14-21(4,5)15-30-23/h16-17H,7-15H2,1-6H3,(H,25,26)/t16?,17?,22-/m0/s1. The molecule has 1 aliphatic heterocycles. The number of thioether (sulfide) groups is 1. The van der Waals surface area contributed by atoms with Crippen LogP contribution in [0.5, 0.6) is 0 Å². The molecule has 9 nitrogen and oxygen atoms in total. The Kier molecular flexibility index (Phi) is 10.8. The summed E-state index contributed by atoms with van der Waals surface area (Å²) >= 11 is 6.50. The van der Waals surface area contributed by atoms with Gasteiger partial charge in [0.2, 0.25) is 4.38 Å². The van der Waals surface area contributed by atoms with Crippen LogP contribution in [0.4, 0.5) is 0 Å². The van der Waals surface area contributed by atoms with Crippen LogP contribution in [0, 0.1) is 10.8 Å². The Labute approximate surface area is 217 Å². The molecular formula is C23H39O9PS2. The third-order valence-corrected chi connectivity index (χ3v) is 10.3. The van der Waals surface area contributed by atoms with Crippen molar-refractivity contribution in [3.8, 4) is 0 Å². The van der Waals surface area contributed by atoms with E-state index in [4.69, 9.17) is 35.5 Å². The molecule has 0 aromatic rings. The van der Waals surface area contributed by atoms with Crippen molar-refractivity contribution in [1.82, 2.24) is 0 Å². The number of thiocarbonyl (C=S) groups is 1. The van der Waals surface area contributed by atoms with E-state index >= 15 is 0 Å². The van der Waals surface area contributed by atoms with E-state index in [1.807, 2.05) is 13.8 Å². The van der Waals surface area contributed by atoms with Crippen LogP contribution in [-0.4, -0.2) is 71.0 Å². The second-order valence-corrected chi connectivity index (χ2v) is 14.0. The highest BCUT2D eigenvalue weighted by atomic mass is 32.2. The molecule has 0 aromatic heterocycles. The van der Waals surface area contributed by atoms with E-state index in [2.05, 4.69) is 0 Å². The first-order chi connectivity index (χ1) is 16.3. The Morgan fingerprint density at radius 1 is 1.14 bits per heavy atom. The fourth-order valence-electron chi connectivity index (χ4n) is 4.59. The van der Waals surface area contributed by atoms with E-state index in [0.717, 1.165) is 11.8 Å². The van der Waals surface area contributed by atoms with Crippen LogP contribution in [-0.2, 0) is 37.4 Å². The number of carboxylic acids is 1. The van der Waals surface area contributed by atoms with Gasteiger partial charge in [-0.05, 0) is 52.8 Å². The van der Waals surface area contributed by atoms with E-state index in [9.17, 15) is 19.3 Å².